The van der Waals surface area contributed by atoms with Gasteiger partial charge in [-0.25, -0.2) is 8.42 Å². The van der Waals surface area contributed by atoms with Crippen LogP contribution in [0.15, 0.2) is 65.6 Å². The van der Waals surface area contributed by atoms with Crippen molar-refractivity contribution in [1.82, 2.24) is 10.2 Å². The van der Waals surface area contributed by atoms with Crippen LogP contribution in [0.2, 0.25) is 10.0 Å². The Labute approximate surface area is 263 Å². The van der Waals surface area contributed by atoms with Crippen molar-refractivity contribution in [2.75, 3.05) is 31.6 Å². The van der Waals surface area contributed by atoms with E-state index < -0.39 is 28.5 Å². The van der Waals surface area contributed by atoms with E-state index in [9.17, 15) is 18.0 Å². The number of ether oxygens (including phenoxy) is 2. The fourth-order valence-electron chi connectivity index (χ4n) is 4.22. The highest BCUT2D eigenvalue weighted by Crippen LogP contribution is 2.34. The number of aryl methyl sites for hydroxylation is 1. The SMILES string of the molecule is COc1ccc(N(CC(=O)N(Cc2ccc(Cl)c(Cl)c2)[C@H](C)C(=O)NCC(C)C)S(=O)(=O)c2ccc(C)cc2)cc1OC. The number of anilines is 1. The number of sulfonamides is 1. The average Bonchev–Trinajstić information content (AvgIpc) is 2.98. The molecule has 3 aromatic rings. The zero-order valence-corrected chi connectivity index (χ0v) is 27.4. The zero-order valence-electron chi connectivity index (χ0n) is 25.1. The van der Waals surface area contributed by atoms with Crippen molar-refractivity contribution < 1.29 is 27.5 Å². The highest BCUT2D eigenvalue weighted by atomic mass is 35.5. The van der Waals surface area contributed by atoms with Crippen LogP contribution < -0.4 is 19.1 Å². The lowest BCUT2D eigenvalue weighted by Crippen LogP contribution is -2.51. The average molecular weight is 651 g/mol. The molecule has 0 unspecified atom stereocenters. The number of amides is 2. The Morgan fingerprint density at radius 3 is 2.12 bits per heavy atom. The molecule has 2 amide bonds. The molecule has 0 aromatic heterocycles. The second kappa shape index (κ2) is 14.8. The molecule has 0 saturated heterocycles. The van der Waals surface area contributed by atoms with Crippen LogP contribution in [-0.4, -0.2) is 58.5 Å². The van der Waals surface area contributed by atoms with Crippen molar-refractivity contribution in [3.8, 4) is 11.5 Å². The number of carbonyl (C=O) groups is 2. The van der Waals surface area contributed by atoms with Gasteiger partial charge in [-0.15, -0.1) is 0 Å². The first-order valence-corrected chi connectivity index (χ1v) is 15.8. The van der Waals surface area contributed by atoms with Gasteiger partial charge in [-0.2, -0.15) is 0 Å². The molecule has 0 aliphatic heterocycles. The number of rotatable bonds is 13. The lowest BCUT2D eigenvalue weighted by molar-refractivity contribution is -0.139. The molecule has 3 rings (SSSR count). The minimum atomic E-state index is -4.25. The molecule has 0 fully saturated rings. The van der Waals surface area contributed by atoms with Gasteiger partial charge in [0.1, 0.15) is 12.6 Å². The van der Waals surface area contributed by atoms with Gasteiger partial charge >= 0.3 is 0 Å². The molecule has 43 heavy (non-hydrogen) atoms. The molecule has 0 heterocycles. The van der Waals surface area contributed by atoms with Crippen molar-refractivity contribution in [2.24, 2.45) is 5.92 Å². The third kappa shape index (κ3) is 8.55. The van der Waals surface area contributed by atoms with Crippen LogP contribution in [-0.2, 0) is 26.2 Å². The van der Waals surface area contributed by atoms with Gasteiger partial charge in [0.25, 0.3) is 10.0 Å². The van der Waals surface area contributed by atoms with E-state index >= 15 is 0 Å². The van der Waals surface area contributed by atoms with Gasteiger partial charge in [-0.3, -0.25) is 13.9 Å². The summed E-state index contributed by atoms with van der Waals surface area (Å²) in [4.78, 5) is 28.6. The summed E-state index contributed by atoms with van der Waals surface area (Å²) in [7, 11) is -1.35. The summed E-state index contributed by atoms with van der Waals surface area (Å²) in [6, 6.07) is 14.9. The molecule has 9 nitrogen and oxygen atoms in total. The van der Waals surface area contributed by atoms with Crippen LogP contribution in [0.1, 0.15) is 31.9 Å². The van der Waals surface area contributed by atoms with Gasteiger partial charge in [0.2, 0.25) is 11.8 Å². The predicted molar refractivity (Wildman–Crippen MR) is 170 cm³/mol. The minimum Gasteiger partial charge on any atom is -0.493 e. The Bertz CT molecular complexity index is 1550. The normalized spacial score (nSPS) is 12.0. The van der Waals surface area contributed by atoms with Crippen LogP contribution in [0.25, 0.3) is 0 Å². The van der Waals surface area contributed by atoms with Crippen LogP contribution in [0.3, 0.4) is 0 Å². The van der Waals surface area contributed by atoms with Crippen molar-refractivity contribution in [3.63, 3.8) is 0 Å². The topological polar surface area (TPSA) is 105 Å². The molecule has 0 spiro atoms. The number of carbonyl (C=O) groups excluding carboxylic acids is 2. The monoisotopic (exact) mass is 649 g/mol. The number of hydrogen-bond donors (Lipinski definition) is 1. The predicted octanol–water partition coefficient (Wildman–Crippen LogP) is 5.70. The van der Waals surface area contributed by atoms with Gasteiger partial charge in [-0.05, 0) is 61.7 Å². The Hall–Kier alpha value is -3.47. The van der Waals surface area contributed by atoms with Gasteiger partial charge in [-0.1, -0.05) is 60.8 Å². The first-order chi connectivity index (χ1) is 20.3. The molecule has 1 atom stereocenters. The lowest BCUT2D eigenvalue weighted by atomic mass is 10.1. The third-order valence-corrected chi connectivity index (χ3v) is 9.26. The van der Waals surface area contributed by atoms with Crippen molar-refractivity contribution in [2.45, 2.75) is 45.2 Å². The first-order valence-electron chi connectivity index (χ1n) is 13.6. The largest absolute Gasteiger partial charge is 0.493 e. The van der Waals surface area contributed by atoms with Gasteiger partial charge in [0, 0.05) is 19.2 Å². The molecule has 1 N–H and O–H groups in total. The molecule has 0 aliphatic carbocycles. The zero-order chi connectivity index (χ0) is 31.9. The fraction of sp³-hybridized carbons (Fsp3) is 0.355. The number of halogens is 2. The fourth-order valence-corrected chi connectivity index (χ4v) is 5.94. The number of benzene rings is 3. The van der Waals surface area contributed by atoms with E-state index in [1.165, 1.54) is 43.4 Å². The molecular weight excluding hydrogens is 613 g/mol. The Kier molecular flexibility index (Phi) is 11.7. The smallest absolute Gasteiger partial charge is 0.264 e. The van der Waals surface area contributed by atoms with E-state index in [4.69, 9.17) is 32.7 Å². The summed E-state index contributed by atoms with van der Waals surface area (Å²) >= 11 is 12.3. The van der Waals surface area contributed by atoms with Crippen LogP contribution in [0.4, 0.5) is 5.69 Å². The Morgan fingerprint density at radius 1 is 0.884 bits per heavy atom. The standard InChI is InChI=1S/C31H37Cl2N3O6S/c1-20(2)17-34-31(38)22(4)35(18-23-9-13-26(32)27(33)15-23)30(37)19-36(24-10-14-28(41-5)29(16-24)42-6)43(39,40)25-11-7-21(3)8-12-25/h7-16,20,22H,17-19H2,1-6H3,(H,34,38)/t22-/m1/s1. The summed E-state index contributed by atoms with van der Waals surface area (Å²) in [5, 5.41) is 3.49. The summed E-state index contributed by atoms with van der Waals surface area (Å²) in [5.41, 5.74) is 1.67. The highest BCUT2D eigenvalue weighted by Gasteiger charge is 2.33. The number of nitrogens with zero attached hydrogens (tertiary/aromatic N) is 2. The van der Waals surface area contributed by atoms with E-state index in [1.54, 1.807) is 43.3 Å². The van der Waals surface area contributed by atoms with E-state index in [2.05, 4.69) is 5.32 Å². The number of hydrogen-bond acceptors (Lipinski definition) is 6. The van der Waals surface area contributed by atoms with E-state index in [0.29, 0.717) is 22.9 Å². The summed E-state index contributed by atoms with van der Waals surface area (Å²) in [6.07, 6.45) is 0. The molecule has 0 bridgehead atoms. The molecule has 232 valence electrons. The van der Waals surface area contributed by atoms with Crippen LogP contribution >= 0.6 is 23.2 Å². The molecule has 3 aromatic carbocycles. The first kappa shape index (κ1) is 34.0. The minimum absolute atomic E-state index is 0.000516. The number of methoxy groups -OCH3 is 2. The maximum atomic E-state index is 14.1. The van der Waals surface area contributed by atoms with Gasteiger partial charge in [0.05, 0.1) is 34.8 Å². The molecule has 0 aliphatic rings. The van der Waals surface area contributed by atoms with E-state index in [1.807, 2.05) is 20.8 Å². The molecule has 0 radical (unpaired) electrons. The van der Waals surface area contributed by atoms with Crippen LogP contribution in [0.5, 0.6) is 11.5 Å². The van der Waals surface area contributed by atoms with Crippen molar-refractivity contribution in [1.29, 1.82) is 0 Å². The maximum Gasteiger partial charge on any atom is 0.264 e. The maximum absolute atomic E-state index is 14.1. The highest BCUT2D eigenvalue weighted by molar-refractivity contribution is 7.92. The number of nitrogens with one attached hydrogen (secondary N) is 1. The summed E-state index contributed by atoms with van der Waals surface area (Å²) < 4.78 is 39.8. The van der Waals surface area contributed by atoms with E-state index in [-0.39, 0.29) is 39.7 Å². The quantitative estimate of drug-likeness (QED) is 0.255. The lowest BCUT2D eigenvalue weighted by Gasteiger charge is -2.32. The summed E-state index contributed by atoms with van der Waals surface area (Å²) in [6.45, 7) is 7.16. The van der Waals surface area contributed by atoms with E-state index in [0.717, 1.165) is 9.87 Å². The Balaban J connectivity index is 2.09. The summed E-state index contributed by atoms with van der Waals surface area (Å²) in [5.74, 6) is -0.118. The molecule has 12 heteroatoms. The Morgan fingerprint density at radius 2 is 1.53 bits per heavy atom. The van der Waals surface area contributed by atoms with Gasteiger partial charge in [0.15, 0.2) is 11.5 Å². The van der Waals surface area contributed by atoms with Crippen molar-refractivity contribution in [3.05, 3.63) is 81.8 Å². The van der Waals surface area contributed by atoms with Gasteiger partial charge < -0.3 is 19.7 Å². The second-order valence-electron chi connectivity index (χ2n) is 10.4. The third-order valence-electron chi connectivity index (χ3n) is 6.73. The molecular formula is C31H37Cl2N3O6S. The van der Waals surface area contributed by atoms with Crippen molar-refractivity contribution >= 4 is 50.7 Å². The second-order valence-corrected chi connectivity index (χ2v) is 13.1. The molecule has 0 saturated carbocycles. The van der Waals surface area contributed by atoms with Crippen LogP contribution in [0, 0.1) is 12.8 Å².